The minimum absolute atomic E-state index is 0.0746. The molecule has 0 bridgehead atoms. The molecule has 0 aliphatic carbocycles. The van der Waals surface area contributed by atoms with Gasteiger partial charge in [-0.2, -0.15) is 9.40 Å². The molecular formula is C14H15Cl2N5O3S. The summed E-state index contributed by atoms with van der Waals surface area (Å²) in [6, 6.07) is 3.11. The second kappa shape index (κ2) is 7.38. The lowest BCUT2D eigenvalue weighted by Crippen LogP contribution is -2.49. The minimum atomic E-state index is -3.56. The first kappa shape index (κ1) is 18.3. The van der Waals surface area contributed by atoms with Gasteiger partial charge in [-0.1, -0.05) is 23.2 Å². The summed E-state index contributed by atoms with van der Waals surface area (Å²) in [5, 5.41) is 3.99. The fourth-order valence-electron chi connectivity index (χ4n) is 2.50. The fourth-order valence-corrected chi connectivity index (χ4v) is 4.15. The molecule has 3 heterocycles. The number of hydrogen-bond acceptors (Lipinski definition) is 6. The van der Waals surface area contributed by atoms with Crippen molar-refractivity contribution in [1.29, 1.82) is 0 Å². The Morgan fingerprint density at radius 2 is 1.84 bits per heavy atom. The Bertz CT molecular complexity index is 912. The number of nitrogens with zero attached hydrogens (tertiary/aromatic N) is 5. The SMILES string of the molecule is O=c1c(Cl)c(Cl)cnn1CN1CCN(S(=O)(=O)c2cccnc2)CC1. The normalized spacial score (nSPS) is 16.9. The van der Waals surface area contributed by atoms with Crippen LogP contribution in [0, 0.1) is 0 Å². The van der Waals surface area contributed by atoms with Crippen molar-refractivity contribution in [2.24, 2.45) is 0 Å². The summed E-state index contributed by atoms with van der Waals surface area (Å²) < 4.78 is 27.7. The van der Waals surface area contributed by atoms with Crippen molar-refractivity contribution >= 4 is 33.2 Å². The van der Waals surface area contributed by atoms with E-state index < -0.39 is 15.6 Å². The van der Waals surface area contributed by atoms with Gasteiger partial charge in [-0.3, -0.25) is 14.7 Å². The third-order valence-corrected chi connectivity index (χ3v) is 6.51. The van der Waals surface area contributed by atoms with Crippen molar-refractivity contribution in [3.05, 3.63) is 51.1 Å². The Kier molecular flexibility index (Phi) is 5.40. The Hall–Kier alpha value is -1.52. The van der Waals surface area contributed by atoms with Crippen LogP contribution in [0.15, 0.2) is 40.4 Å². The zero-order valence-electron chi connectivity index (χ0n) is 13.0. The number of rotatable bonds is 4. The van der Waals surface area contributed by atoms with Crippen molar-refractivity contribution in [3.8, 4) is 0 Å². The van der Waals surface area contributed by atoms with Gasteiger partial charge in [-0.15, -0.1) is 0 Å². The summed E-state index contributed by atoms with van der Waals surface area (Å²) in [6.45, 7) is 1.78. The molecule has 1 aliphatic rings. The quantitative estimate of drug-likeness (QED) is 0.753. The average molecular weight is 404 g/mol. The summed E-state index contributed by atoms with van der Waals surface area (Å²) in [4.78, 5) is 18.0. The van der Waals surface area contributed by atoms with E-state index in [1.54, 1.807) is 6.07 Å². The zero-order chi connectivity index (χ0) is 18.0. The van der Waals surface area contributed by atoms with Crippen molar-refractivity contribution in [2.75, 3.05) is 26.2 Å². The number of halogens is 2. The molecule has 1 aliphatic heterocycles. The van der Waals surface area contributed by atoms with E-state index in [-0.39, 0.29) is 21.6 Å². The standard InChI is InChI=1S/C14H15Cl2N5O3S/c15-12-9-18-21(14(22)13(12)16)10-19-4-6-20(7-5-19)25(23,24)11-2-1-3-17-8-11/h1-3,8-9H,4-7,10H2. The van der Waals surface area contributed by atoms with E-state index in [9.17, 15) is 13.2 Å². The Morgan fingerprint density at radius 1 is 1.12 bits per heavy atom. The molecule has 25 heavy (non-hydrogen) atoms. The molecular weight excluding hydrogens is 389 g/mol. The molecule has 0 N–H and O–H groups in total. The number of sulfonamides is 1. The summed E-state index contributed by atoms with van der Waals surface area (Å²) in [5.41, 5.74) is -0.473. The molecule has 11 heteroatoms. The van der Waals surface area contributed by atoms with Crippen molar-refractivity contribution < 1.29 is 8.42 Å². The monoisotopic (exact) mass is 403 g/mol. The molecule has 8 nitrogen and oxygen atoms in total. The predicted molar refractivity (Wildman–Crippen MR) is 93.1 cm³/mol. The predicted octanol–water partition coefficient (Wildman–Crippen LogP) is 0.909. The summed E-state index contributed by atoms with van der Waals surface area (Å²) in [6.07, 6.45) is 4.17. The maximum Gasteiger partial charge on any atom is 0.288 e. The van der Waals surface area contributed by atoms with Crippen LogP contribution >= 0.6 is 23.2 Å². The number of pyridine rings is 1. The van der Waals surface area contributed by atoms with Gasteiger partial charge in [0.25, 0.3) is 5.56 Å². The molecule has 0 spiro atoms. The van der Waals surface area contributed by atoms with E-state index in [0.717, 1.165) is 0 Å². The molecule has 2 aromatic heterocycles. The van der Waals surface area contributed by atoms with Gasteiger partial charge in [0.2, 0.25) is 10.0 Å². The first-order chi connectivity index (χ1) is 11.9. The fraction of sp³-hybridized carbons (Fsp3) is 0.357. The van der Waals surface area contributed by atoms with E-state index in [1.165, 1.54) is 33.6 Å². The molecule has 1 saturated heterocycles. The smallest absolute Gasteiger partial charge is 0.282 e. The van der Waals surface area contributed by atoms with Crippen LogP contribution < -0.4 is 5.56 Å². The number of piperazine rings is 1. The van der Waals surface area contributed by atoms with Crippen LogP contribution in [0.4, 0.5) is 0 Å². The van der Waals surface area contributed by atoms with Gasteiger partial charge in [-0.25, -0.2) is 13.1 Å². The van der Waals surface area contributed by atoms with Gasteiger partial charge in [0.15, 0.2) is 0 Å². The Morgan fingerprint density at radius 3 is 2.48 bits per heavy atom. The Balaban J connectivity index is 1.67. The summed E-state index contributed by atoms with van der Waals surface area (Å²) >= 11 is 11.6. The zero-order valence-corrected chi connectivity index (χ0v) is 15.4. The molecule has 134 valence electrons. The molecule has 0 saturated carbocycles. The molecule has 0 aromatic carbocycles. The van der Waals surface area contributed by atoms with Gasteiger partial charge in [0.05, 0.1) is 17.9 Å². The van der Waals surface area contributed by atoms with Gasteiger partial charge in [0.1, 0.15) is 9.92 Å². The van der Waals surface area contributed by atoms with Crippen LogP contribution in [0.25, 0.3) is 0 Å². The highest BCUT2D eigenvalue weighted by Gasteiger charge is 2.28. The molecule has 0 unspecified atom stereocenters. The van der Waals surface area contributed by atoms with E-state index >= 15 is 0 Å². The second-order valence-electron chi connectivity index (χ2n) is 5.46. The van der Waals surface area contributed by atoms with E-state index in [0.29, 0.717) is 26.2 Å². The maximum atomic E-state index is 12.6. The largest absolute Gasteiger partial charge is 0.288 e. The first-order valence-corrected chi connectivity index (χ1v) is 9.63. The van der Waals surface area contributed by atoms with E-state index in [4.69, 9.17) is 23.2 Å². The summed E-state index contributed by atoms with van der Waals surface area (Å²) in [5.74, 6) is 0. The molecule has 0 radical (unpaired) electrons. The lowest BCUT2D eigenvalue weighted by atomic mass is 10.4. The van der Waals surface area contributed by atoms with E-state index in [1.807, 2.05) is 4.90 Å². The summed E-state index contributed by atoms with van der Waals surface area (Å²) in [7, 11) is -3.56. The second-order valence-corrected chi connectivity index (χ2v) is 8.19. The van der Waals surface area contributed by atoms with Gasteiger partial charge in [-0.05, 0) is 12.1 Å². The molecule has 3 rings (SSSR count). The van der Waals surface area contributed by atoms with Crippen LogP contribution in [0.3, 0.4) is 0 Å². The lowest BCUT2D eigenvalue weighted by molar-refractivity contribution is 0.143. The minimum Gasteiger partial charge on any atom is -0.282 e. The van der Waals surface area contributed by atoms with Crippen LogP contribution in [0.5, 0.6) is 0 Å². The van der Waals surface area contributed by atoms with Crippen LogP contribution in [0.1, 0.15) is 0 Å². The average Bonchev–Trinajstić information content (AvgIpc) is 2.63. The van der Waals surface area contributed by atoms with Crippen molar-refractivity contribution in [3.63, 3.8) is 0 Å². The first-order valence-electron chi connectivity index (χ1n) is 7.43. The number of hydrogen-bond donors (Lipinski definition) is 0. The highest BCUT2D eigenvalue weighted by Crippen LogP contribution is 2.17. The van der Waals surface area contributed by atoms with Crippen LogP contribution in [-0.4, -0.2) is 58.6 Å². The van der Waals surface area contributed by atoms with Crippen molar-refractivity contribution in [2.45, 2.75) is 11.6 Å². The maximum absolute atomic E-state index is 12.6. The highest BCUT2D eigenvalue weighted by atomic mass is 35.5. The third-order valence-electron chi connectivity index (χ3n) is 3.88. The topological polar surface area (TPSA) is 88.4 Å². The lowest BCUT2D eigenvalue weighted by Gasteiger charge is -2.33. The van der Waals surface area contributed by atoms with Crippen LogP contribution in [-0.2, 0) is 16.7 Å². The molecule has 0 amide bonds. The van der Waals surface area contributed by atoms with Gasteiger partial charge >= 0.3 is 0 Å². The molecule has 0 atom stereocenters. The van der Waals surface area contributed by atoms with Crippen molar-refractivity contribution in [1.82, 2.24) is 24.0 Å². The van der Waals surface area contributed by atoms with Gasteiger partial charge < -0.3 is 0 Å². The molecule has 2 aromatic rings. The van der Waals surface area contributed by atoms with Gasteiger partial charge in [0, 0.05) is 38.6 Å². The Labute approximate surface area is 154 Å². The van der Waals surface area contributed by atoms with E-state index in [2.05, 4.69) is 10.1 Å². The molecule has 1 fully saturated rings. The van der Waals surface area contributed by atoms with Crippen LogP contribution in [0.2, 0.25) is 10.0 Å². The number of aromatic nitrogens is 3. The third kappa shape index (κ3) is 3.85. The highest BCUT2D eigenvalue weighted by molar-refractivity contribution is 7.89.